The van der Waals surface area contributed by atoms with Crippen LogP contribution in [-0.2, 0) is 4.74 Å². The van der Waals surface area contributed by atoms with Gasteiger partial charge in [0.2, 0.25) is 5.78 Å². The fourth-order valence-corrected chi connectivity index (χ4v) is 3.46. The van der Waals surface area contributed by atoms with Gasteiger partial charge in [-0.05, 0) is 35.7 Å². The Bertz CT molecular complexity index is 1080. The minimum atomic E-state index is -0.850. The fraction of sp³-hybridized carbons (Fsp3) is 0.125. The van der Waals surface area contributed by atoms with Crippen molar-refractivity contribution >= 4 is 17.5 Å². The molecule has 0 aromatic heterocycles. The van der Waals surface area contributed by atoms with Gasteiger partial charge in [0.25, 0.3) is 0 Å². The largest absolute Gasteiger partial charge is 0.450 e. The minimum Gasteiger partial charge on any atom is -0.450 e. The minimum absolute atomic E-state index is 0.0452. The van der Waals surface area contributed by atoms with Gasteiger partial charge < -0.3 is 4.74 Å². The summed E-state index contributed by atoms with van der Waals surface area (Å²) in [5.41, 5.74) is 3.57. The Hall–Kier alpha value is -3.53. The topological polar surface area (TPSA) is 60.4 Å². The monoisotopic (exact) mass is 370 g/mol. The summed E-state index contributed by atoms with van der Waals surface area (Å²) in [6.07, 6.45) is -0.469. The molecule has 0 saturated heterocycles. The SMILES string of the molecule is CC[C@H](OC(=O)c1ccc2c(c1)-c1ccccc1C2=O)C(=O)c1ccccc1. The lowest BCUT2D eigenvalue weighted by atomic mass is 10.0. The van der Waals surface area contributed by atoms with Crippen LogP contribution in [0.25, 0.3) is 11.1 Å². The summed E-state index contributed by atoms with van der Waals surface area (Å²) in [6, 6.07) is 21.0. The Morgan fingerprint density at radius 1 is 0.786 bits per heavy atom. The molecule has 0 radical (unpaired) electrons. The van der Waals surface area contributed by atoms with E-state index in [0.717, 1.165) is 11.1 Å². The maximum atomic E-state index is 12.7. The van der Waals surface area contributed by atoms with Gasteiger partial charge >= 0.3 is 5.97 Å². The van der Waals surface area contributed by atoms with Crippen molar-refractivity contribution in [2.45, 2.75) is 19.4 Å². The zero-order valence-corrected chi connectivity index (χ0v) is 15.3. The summed E-state index contributed by atoms with van der Waals surface area (Å²) in [7, 11) is 0. The first-order chi connectivity index (χ1) is 13.6. The van der Waals surface area contributed by atoms with E-state index in [4.69, 9.17) is 4.74 Å². The molecule has 0 saturated carbocycles. The van der Waals surface area contributed by atoms with Crippen molar-refractivity contribution < 1.29 is 19.1 Å². The van der Waals surface area contributed by atoms with Crippen LogP contribution in [0.2, 0.25) is 0 Å². The van der Waals surface area contributed by atoms with Crippen molar-refractivity contribution in [1.29, 1.82) is 0 Å². The third kappa shape index (κ3) is 3.03. The highest BCUT2D eigenvalue weighted by atomic mass is 16.5. The fourth-order valence-electron chi connectivity index (χ4n) is 3.46. The van der Waals surface area contributed by atoms with Crippen molar-refractivity contribution in [3.63, 3.8) is 0 Å². The Kier molecular flexibility index (Phi) is 4.62. The molecule has 138 valence electrons. The van der Waals surface area contributed by atoms with E-state index in [1.165, 1.54) is 0 Å². The normalized spacial score (nSPS) is 12.8. The number of Topliss-reactive ketones (excluding diaryl/α,β-unsaturated/α-hetero) is 1. The van der Waals surface area contributed by atoms with Crippen molar-refractivity contribution in [2.75, 3.05) is 0 Å². The van der Waals surface area contributed by atoms with Gasteiger partial charge in [-0.15, -0.1) is 0 Å². The van der Waals surface area contributed by atoms with Crippen LogP contribution in [0, 0.1) is 0 Å². The number of ketones is 2. The molecule has 0 N–H and O–H groups in total. The number of hydrogen-bond donors (Lipinski definition) is 0. The molecule has 28 heavy (non-hydrogen) atoms. The lowest BCUT2D eigenvalue weighted by Crippen LogP contribution is -2.27. The Balaban J connectivity index is 1.60. The van der Waals surface area contributed by atoms with Crippen molar-refractivity contribution in [3.8, 4) is 11.1 Å². The van der Waals surface area contributed by atoms with E-state index in [-0.39, 0.29) is 11.6 Å². The van der Waals surface area contributed by atoms with Crippen LogP contribution in [0.5, 0.6) is 0 Å². The smallest absolute Gasteiger partial charge is 0.338 e. The highest BCUT2D eigenvalue weighted by Crippen LogP contribution is 2.37. The summed E-state index contributed by atoms with van der Waals surface area (Å²) in [6.45, 7) is 1.80. The lowest BCUT2D eigenvalue weighted by molar-refractivity contribution is 0.0277. The zero-order chi connectivity index (χ0) is 19.7. The first kappa shape index (κ1) is 17.9. The van der Waals surface area contributed by atoms with Crippen LogP contribution >= 0.6 is 0 Å². The summed E-state index contributed by atoms with van der Waals surface area (Å²) in [5.74, 6) is -0.842. The van der Waals surface area contributed by atoms with Crippen LogP contribution in [0.15, 0.2) is 72.8 Å². The molecule has 3 aromatic carbocycles. The molecule has 1 atom stereocenters. The van der Waals surface area contributed by atoms with E-state index >= 15 is 0 Å². The molecule has 1 aliphatic rings. The van der Waals surface area contributed by atoms with Crippen molar-refractivity contribution in [1.82, 2.24) is 0 Å². The molecule has 0 aliphatic heterocycles. The zero-order valence-electron chi connectivity index (χ0n) is 15.3. The van der Waals surface area contributed by atoms with Gasteiger partial charge in [-0.3, -0.25) is 9.59 Å². The number of rotatable bonds is 5. The van der Waals surface area contributed by atoms with Gasteiger partial charge in [0.1, 0.15) is 0 Å². The number of carbonyl (C=O) groups excluding carboxylic acids is 3. The van der Waals surface area contributed by atoms with E-state index < -0.39 is 12.1 Å². The summed E-state index contributed by atoms with van der Waals surface area (Å²) < 4.78 is 5.50. The standard InChI is InChI=1S/C24H18O4/c1-2-21(22(25)15-8-4-3-5-9-15)28-24(27)16-12-13-19-20(14-16)17-10-6-7-11-18(17)23(19)26/h3-14,21H,2H2,1H3/t21-/m0/s1. The van der Waals surface area contributed by atoms with E-state index in [0.29, 0.717) is 28.7 Å². The van der Waals surface area contributed by atoms with Gasteiger partial charge in [-0.2, -0.15) is 0 Å². The highest BCUT2D eigenvalue weighted by Gasteiger charge is 2.28. The van der Waals surface area contributed by atoms with Gasteiger partial charge in [-0.25, -0.2) is 4.79 Å². The third-order valence-corrected chi connectivity index (χ3v) is 4.93. The first-order valence-corrected chi connectivity index (χ1v) is 9.18. The maximum absolute atomic E-state index is 12.7. The number of benzene rings is 3. The maximum Gasteiger partial charge on any atom is 0.338 e. The molecule has 4 heteroatoms. The van der Waals surface area contributed by atoms with E-state index in [1.54, 1.807) is 55.5 Å². The molecule has 1 aliphatic carbocycles. The first-order valence-electron chi connectivity index (χ1n) is 9.18. The molecular weight excluding hydrogens is 352 g/mol. The molecule has 0 spiro atoms. The molecule has 0 bridgehead atoms. The number of hydrogen-bond acceptors (Lipinski definition) is 4. The van der Waals surface area contributed by atoms with Gasteiger partial charge in [0.05, 0.1) is 5.56 Å². The Morgan fingerprint density at radius 2 is 1.43 bits per heavy atom. The highest BCUT2D eigenvalue weighted by molar-refractivity contribution is 6.22. The quantitative estimate of drug-likeness (QED) is 0.377. The van der Waals surface area contributed by atoms with E-state index in [9.17, 15) is 14.4 Å². The number of carbonyl (C=O) groups is 3. The van der Waals surface area contributed by atoms with Crippen LogP contribution in [0.3, 0.4) is 0 Å². The van der Waals surface area contributed by atoms with Gasteiger partial charge in [0.15, 0.2) is 11.9 Å². The van der Waals surface area contributed by atoms with Crippen molar-refractivity contribution in [2.24, 2.45) is 0 Å². The van der Waals surface area contributed by atoms with Gasteiger partial charge in [-0.1, -0.05) is 61.5 Å². The summed E-state index contributed by atoms with van der Waals surface area (Å²) in [5, 5.41) is 0. The molecule has 0 unspecified atom stereocenters. The average molecular weight is 370 g/mol. The summed E-state index contributed by atoms with van der Waals surface area (Å²) in [4.78, 5) is 37.8. The van der Waals surface area contributed by atoms with Crippen LogP contribution in [0.4, 0.5) is 0 Å². The van der Waals surface area contributed by atoms with Gasteiger partial charge in [0, 0.05) is 16.7 Å². The molecular formula is C24H18O4. The second-order valence-corrected chi connectivity index (χ2v) is 6.67. The number of esters is 1. The molecule has 0 amide bonds. The molecule has 4 rings (SSSR count). The third-order valence-electron chi connectivity index (χ3n) is 4.93. The van der Waals surface area contributed by atoms with E-state index in [2.05, 4.69) is 0 Å². The lowest BCUT2D eigenvalue weighted by Gasteiger charge is -2.15. The number of ether oxygens (including phenoxy) is 1. The average Bonchev–Trinajstić information content (AvgIpc) is 3.04. The second kappa shape index (κ2) is 7.24. The molecule has 4 nitrogen and oxygen atoms in total. The Morgan fingerprint density at radius 3 is 2.14 bits per heavy atom. The second-order valence-electron chi connectivity index (χ2n) is 6.67. The number of fused-ring (bicyclic) bond motifs is 3. The van der Waals surface area contributed by atoms with E-state index in [1.807, 2.05) is 24.3 Å². The molecule has 3 aromatic rings. The van der Waals surface area contributed by atoms with Crippen LogP contribution < -0.4 is 0 Å². The molecule has 0 fully saturated rings. The van der Waals surface area contributed by atoms with Crippen molar-refractivity contribution in [3.05, 3.63) is 95.1 Å². The predicted molar refractivity (Wildman–Crippen MR) is 106 cm³/mol. The van der Waals surface area contributed by atoms with Crippen LogP contribution in [0.1, 0.15) is 50.0 Å². The summed E-state index contributed by atoms with van der Waals surface area (Å²) >= 11 is 0. The predicted octanol–water partition coefficient (Wildman–Crippen LogP) is 4.72. The molecule has 0 heterocycles. The Labute approximate surface area is 162 Å². The van der Waals surface area contributed by atoms with Crippen LogP contribution in [-0.4, -0.2) is 23.6 Å².